The number of aryl methyl sites for hydroxylation is 2. The second-order valence-electron chi connectivity index (χ2n) is 9.46. The maximum Gasteiger partial charge on any atom is 0.161 e. The quantitative estimate of drug-likeness (QED) is 0.538. The van der Waals surface area contributed by atoms with Gasteiger partial charge in [-0.2, -0.15) is 0 Å². The number of pyridine rings is 1. The first-order chi connectivity index (χ1) is 15.0. The van der Waals surface area contributed by atoms with Crippen molar-refractivity contribution in [3.63, 3.8) is 0 Å². The van der Waals surface area contributed by atoms with Crippen molar-refractivity contribution in [3.05, 3.63) is 71.6 Å². The zero-order valence-electron chi connectivity index (χ0n) is 18.0. The Morgan fingerprint density at radius 1 is 0.968 bits per heavy atom. The molecule has 1 spiro atoms. The Bertz CT molecular complexity index is 1300. The van der Waals surface area contributed by atoms with E-state index in [1.54, 1.807) is 0 Å². The van der Waals surface area contributed by atoms with Gasteiger partial charge in [-0.05, 0) is 62.8 Å². The molecule has 1 unspecified atom stereocenters. The van der Waals surface area contributed by atoms with Crippen molar-refractivity contribution in [1.29, 1.82) is 0 Å². The minimum atomic E-state index is -0.567. The lowest BCUT2D eigenvalue weighted by atomic mass is 9.83. The summed E-state index contributed by atoms with van der Waals surface area (Å²) in [4.78, 5) is 19.0. The lowest BCUT2D eigenvalue weighted by Crippen LogP contribution is -2.37. The summed E-state index contributed by atoms with van der Waals surface area (Å²) in [6, 6.07) is 13.0. The lowest BCUT2D eigenvalue weighted by molar-refractivity contribution is 0.286. The predicted octanol–water partition coefficient (Wildman–Crippen LogP) is 4.11. The van der Waals surface area contributed by atoms with E-state index in [4.69, 9.17) is 15.7 Å². The number of hydrogen-bond acceptors (Lipinski definition) is 5. The van der Waals surface area contributed by atoms with Gasteiger partial charge < -0.3 is 10.3 Å². The molecule has 0 saturated carbocycles. The Labute approximate surface area is 181 Å². The lowest BCUT2D eigenvalue weighted by Gasteiger charge is -2.37. The highest BCUT2D eigenvalue weighted by molar-refractivity contribution is 5.77. The number of benzene rings is 1. The second-order valence-corrected chi connectivity index (χ2v) is 9.46. The molecule has 31 heavy (non-hydrogen) atoms. The predicted molar refractivity (Wildman–Crippen MR) is 121 cm³/mol. The zero-order valence-corrected chi connectivity index (χ0v) is 18.0. The summed E-state index contributed by atoms with van der Waals surface area (Å²) in [5.74, 6) is 1.78. The average molecular weight is 411 g/mol. The monoisotopic (exact) mass is 410 g/mol. The van der Waals surface area contributed by atoms with Gasteiger partial charge in [0.25, 0.3) is 0 Å². The molecule has 0 bridgehead atoms. The molecule has 4 heterocycles. The molecule has 0 radical (unpaired) electrons. The van der Waals surface area contributed by atoms with Gasteiger partial charge in [-0.15, -0.1) is 0 Å². The van der Waals surface area contributed by atoms with Gasteiger partial charge in [0.15, 0.2) is 5.65 Å². The Morgan fingerprint density at radius 2 is 1.77 bits per heavy atom. The van der Waals surface area contributed by atoms with Gasteiger partial charge in [0.1, 0.15) is 17.2 Å². The molecule has 0 fully saturated rings. The van der Waals surface area contributed by atoms with Crippen molar-refractivity contribution in [2.24, 2.45) is 5.73 Å². The van der Waals surface area contributed by atoms with Gasteiger partial charge in [-0.25, -0.2) is 19.9 Å². The summed E-state index contributed by atoms with van der Waals surface area (Å²) in [5.41, 5.74) is 12.1. The molecule has 4 aromatic rings. The van der Waals surface area contributed by atoms with Crippen LogP contribution in [0.15, 0.2) is 48.8 Å². The van der Waals surface area contributed by atoms with E-state index in [1.807, 2.05) is 32.3 Å². The molecular formula is C25H26N6. The van der Waals surface area contributed by atoms with Crippen LogP contribution in [0.3, 0.4) is 0 Å². The topological polar surface area (TPSA) is 82.5 Å². The molecule has 3 aromatic heterocycles. The fourth-order valence-corrected chi connectivity index (χ4v) is 5.39. The summed E-state index contributed by atoms with van der Waals surface area (Å²) >= 11 is 0. The minimum Gasteiger partial charge on any atom is -0.319 e. The number of hydrogen-bond donors (Lipinski definition) is 1. The Kier molecular flexibility index (Phi) is 3.87. The molecule has 156 valence electrons. The van der Waals surface area contributed by atoms with Gasteiger partial charge in [-0.3, -0.25) is 0 Å². The van der Waals surface area contributed by atoms with Crippen molar-refractivity contribution in [2.45, 2.75) is 57.0 Å². The Hall–Kier alpha value is -3.12. The molecule has 1 aliphatic carbocycles. The first-order valence-corrected chi connectivity index (χ1v) is 11.0. The van der Waals surface area contributed by atoms with E-state index in [9.17, 15) is 0 Å². The van der Waals surface area contributed by atoms with E-state index in [2.05, 4.69) is 44.9 Å². The van der Waals surface area contributed by atoms with Crippen LogP contribution in [-0.4, -0.2) is 24.5 Å². The fraction of sp³-hybridized carbons (Fsp3) is 0.360. The summed E-state index contributed by atoms with van der Waals surface area (Å²) in [6.45, 7) is 3.81. The molecular weight excluding hydrogens is 384 g/mol. The molecule has 0 amide bonds. The van der Waals surface area contributed by atoms with E-state index in [1.165, 1.54) is 11.1 Å². The van der Waals surface area contributed by atoms with Crippen molar-refractivity contribution in [3.8, 4) is 11.3 Å². The first-order valence-electron chi connectivity index (χ1n) is 11.0. The summed E-state index contributed by atoms with van der Waals surface area (Å²) in [7, 11) is 0. The molecule has 2 N–H and O–H groups in total. The van der Waals surface area contributed by atoms with E-state index >= 15 is 0 Å². The van der Waals surface area contributed by atoms with Crippen molar-refractivity contribution in [1.82, 2.24) is 24.5 Å². The molecule has 0 saturated heterocycles. The maximum absolute atomic E-state index is 6.14. The number of nitrogens with zero attached hydrogens (tertiary/aromatic N) is 5. The largest absolute Gasteiger partial charge is 0.319 e. The minimum absolute atomic E-state index is 0.0333. The smallest absolute Gasteiger partial charge is 0.161 e. The zero-order chi connectivity index (χ0) is 21.2. The van der Waals surface area contributed by atoms with Crippen molar-refractivity contribution < 1.29 is 0 Å². The number of imidazole rings is 1. The summed E-state index contributed by atoms with van der Waals surface area (Å²) in [5, 5.41) is 0. The van der Waals surface area contributed by atoms with Crippen molar-refractivity contribution in [2.75, 3.05) is 0 Å². The van der Waals surface area contributed by atoms with E-state index in [0.717, 1.165) is 60.3 Å². The van der Waals surface area contributed by atoms with E-state index in [0.29, 0.717) is 5.82 Å². The Balaban J connectivity index is 1.52. The standard InChI is InChI=1S/C25H26N6/c1-24(2,26)23-27-14-17(15-28-23)19-9-10-20-22(30-19)31-21(29-20)8-5-12-25(31)13-11-16-6-3-4-7-18(16)25/h3-4,6-7,9-10,14-15H,5,8,11-13,26H2,1-2H3. The van der Waals surface area contributed by atoms with Crippen LogP contribution in [0.25, 0.3) is 22.4 Å². The maximum atomic E-state index is 6.14. The summed E-state index contributed by atoms with van der Waals surface area (Å²) in [6.07, 6.45) is 9.16. The van der Waals surface area contributed by atoms with Crippen LogP contribution >= 0.6 is 0 Å². The normalized spacial score (nSPS) is 20.2. The SMILES string of the molecule is CC(C)(N)c1ncc(-c2ccc3nc4n(c3n2)C2(CCC4)CCc3ccccc32)cn1. The molecule has 2 aliphatic rings. The average Bonchev–Trinajstić information content (AvgIpc) is 3.33. The van der Waals surface area contributed by atoms with Gasteiger partial charge in [0.05, 0.1) is 16.8 Å². The molecule has 1 aliphatic heterocycles. The molecule has 1 atom stereocenters. The molecule has 6 heteroatoms. The van der Waals surface area contributed by atoms with Crippen LogP contribution in [0, 0.1) is 0 Å². The second kappa shape index (κ2) is 6.44. The van der Waals surface area contributed by atoms with Crippen LogP contribution in [-0.2, 0) is 23.9 Å². The number of aromatic nitrogens is 5. The fourth-order valence-electron chi connectivity index (χ4n) is 5.39. The summed E-state index contributed by atoms with van der Waals surface area (Å²) < 4.78 is 2.44. The molecule has 6 rings (SSSR count). The highest BCUT2D eigenvalue weighted by Crippen LogP contribution is 2.48. The van der Waals surface area contributed by atoms with Crippen LogP contribution < -0.4 is 5.73 Å². The highest BCUT2D eigenvalue weighted by Gasteiger charge is 2.44. The third kappa shape index (κ3) is 2.74. The Morgan fingerprint density at radius 3 is 2.58 bits per heavy atom. The van der Waals surface area contributed by atoms with Crippen LogP contribution in [0.2, 0.25) is 0 Å². The number of rotatable bonds is 2. The number of fused-ring (bicyclic) bond motifs is 6. The molecule has 1 aromatic carbocycles. The first kappa shape index (κ1) is 18.6. The van der Waals surface area contributed by atoms with Crippen LogP contribution in [0.4, 0.5) is 0 Å². The van der Waals surface area contributed by atoms with Crippen LogP contribution in [0.1, 0.15) is 55.9 Å². The van der Waals surface area contributed by atoms with E-state index < -0.39 is 5.54 Å². The number of nitrogens with two attached hydrogens (primary N) is 1. The van der Waals surface area contributed by atoms with Gasteiger partial charge in [-0.1, -0.05) is 24.3 Å². The third-order valence-electron chi connectivity index (χ3n) is 6.84. The highest BCUT2D eigenvalue weighted by atomic mass is 15.2. The third-order valence-corrected chi connectivity index (χ3v) is 6.84. The molecule has 6 nitrogen and oxygen atoms in total. The van der Waals surface area contributed by atoms with Crippen LogP contribution in [0.5, 0.6) is 0 Å². The van der Waals surface area contributed by atoms with Gasteiger partial charge in [0.2, 0.25) is 0 Å². The van der Waals surface area contributed by atoms with Gasteiger partial charge >= 0.3 is 0 Å². The van der Waals surface area contributed by atoms with Gasteiger partial charge in [0, 0.05) is 24.4 Å². The van der Waals surface area contributed by atoms with E-state index in [-0.39, 0.29) is 5.54 Å². The van der Waals surface area contributed by atoms with Crippen molar-refractivity contribution >= 4 is 11.2 Å².